The van der Waals surface area contributed by atoms with Gasteiger partial charge in [-0.05, 0) is 24.3 Å². The number of nitrogens with one attached hydrogen (secondary N) is 1. The predicted octanol–water partition coefficient (Wildman–Crippen LogP) is 2.99. The summed E-state index contributed by atoms with van der Waals surface area (Å²) in [4.78, 5) is 1.31. The van der Waals surface area contributed by atoms with Gasteiger partial charge < -0.3 is 5.32 Å². The van der Waals surface area contributed by atoms with Crippen LogP contribution in [0.15, 0.2) is 68.8 Å². The van der Waals surface area contributed by atoms with Gasteiger partial charge in [0.1, 0.15) is 10.7 Å². The third-order valence-corrected chi connectivity index (χ3v) is 5.19. The number of amidine groups is 1. The molecule has 0 bridgehead atoms. The Balaban J connectivity index is 1.82. The fraction of sp³-hybridized carbons (Fsp3) is 0.0714. The molecule has 0 atom stereocenters. The van der Waals surface area contributed by atoms with E-state index in [0.717, 1.165) is 4.90 Å². The number of sulfonamides is 1. The van der Waals surface area contributed by atoms with E-state index >= 15 is 0 Å². The number of thioether (sulfide) groups is 1. The van der Waals surface area contributed by atoms with Crippen molar-refractivity contribution in [2.75, 3.05) is 11.1 Å². The van der Waals surface area contributed by atoms with E-state index in [9.17, 15) is 8.42 Å². The van der Waals surface area contributed by atoms with Gasteiger partial charge in [-0.3, -0.25) is 0 Å². The molecule has 0 fully saturated rings. The topological polar surface area (TPSA) is 58.5 Å². The Labute approximate surface area is 122 Å². The molecule has 1 aliphatic rings. The molecule has 20 heavy (non-hydrogen) atoms. The van der Waals surface area contributed by atoms with Gasteiger partial charge in [0.15, 0.2) is 0 Å². The van der Waals surface area contributed by atoms with Crippen LogP contribution in [0.3, 0.4) is 0 Å². The van der Waals surface area contributed by atoms with Crippen molar-refractivity contribution in [3.8, 4) is 0 Å². The number of hydrogen-bond donors (Lipinski definition) is 1. The number of anilines is 1. The second-order valence-corrected chi connectivity index (χ2v) is 6.86. The molecule has 102 valence electrons. The van der Waals surface area contributed by atoms with Gasteiger partial charge in [-0.25, -0.2) is 0 Å². The maximum absolute atomic E-state index is 12.1. The summed E-state index contributed by atoms with van der Waals surface area (Å²) in [5.74, 6) is 0.940. The van der Waals surface area contributed by atoms with Gasteiger partial charge in [-0.2, -0.15) is 8.42 Å². The summed E-state index contributed by atoms with van der Waals surface area (Å²) in [7, 11) is -3.58. The molecular formula is C14H12N2O2S2. The zero-order chi connectivity index (χ0) is 14.0. The Morgan fingerprint density at radius 1 is 1.00 bits per heavy atom. The lowest BCUT2D eigenvalue weighted by atomic mass is 10.3. The Hall–Kier alpha value is -1.79. The van der Waals surface area contributed by atoms with Gasteiger partial charge in [0.2, 0.25) is 0 Å². The molecule has 6 heteroatoms. The van der Waals surface area contributed by atoms with Gasteiger partial charge in [0, 0.05) is 4.90 Å². The molecule has 3 rings (SSSR count). The first kappa shape index (κ1) is 13.2. The molecule has 0 unspecified atom stereocenters. The van der Waals surface area contributed by atoms with Crippen LogP contribution in [0, 0.1) is 0 Å². The summed E-state index contributed by atoms with van der Waals surface area (Å²) >= 11 is 1.54. The first-order valence-corrected chi connectivity index (χ1v) is 8.45. The molecule has 0 saturated heterocycles. The van der Waals surface area contributed by atoms with Crippen molar-refractivity contribution < 1.29 is 8.42 Å². The van der Waals surface area contributed by atoms with Gasteiger partial charge in [0.25, 0.3) is 10.0 Å². The van der Waals surface area contributed by atoms with Crippen LogP contribution in [0.2, 0.25) is 0 Å². The molecule has 0 radical (unpaired) electrons. The fourth-order valence-corrected chi connectivity index (χ4v) is 3.92. The smallest absolute Gasteiger partial charge is 0.286 e. The van der Waals surface area contributed by atoms with Gasteiger partial charge in [0.05, 0.1) is 11.4 Å². The number of hydrogen-bond acceptors (Lipinski definition) is 4. The van der Waals surface area contributed by atoms with Crippen LogP contribution < -0.4 is 5.32 Å². The maximum atomic E-state index is 12.1. The van der Waals surface area contributed by atoms with Crippen LogP contribution in [0.5, 0.6) is 0 Å². The summed E-state index contributed by atoms with van der Waals surface area (Å²) in [6.45, 7) is 0. The molecule has 0 aliphatic carbocycles. The van der Waals surface area contributed by atoms with Crippen molar-refractivity contribution in [1.29, 1.82) is 0 Å². The molecule has 0 saturated carbocycles. The average Bonchev–Trinajstić information content (AvgIpc) is 2.46. The van der Waals surface area contributed by atoms with Crippen molar-refractivity contribution >= 4 is 33.3 Å². The van der Waals surface area contributed by atoms with E-state index in [1.807, 2.05) is 30.3 Å². The highest BCUT2D eigenvalue weighted by atomic mass is 32.2. The van der Waals surface area contributed by atoms with Crippen LogP contribution in [0.25, 0.3) is 0 Å². The lowest BCUT2D eigenvalue weighted by molar-refractivity contribution is 0.598. The van der Waals surface area contributed by atoms with E-state index in [1.54, 1.807) is 36.0 Å². The van der Waals surface area contributed by atoms with Crippen LogP contribution in [0.1, 0.15) is 0 Å². The highest BCUT2D eigenvalue weighted by molar-refractivity contribution is 8.00. The standard InChI is InChI=1S/C14H12N2O2S2/c17-20(18)13-9-5-4-8-12(13)15-14(16-20)10-19-11-6-2-1-3-7-11/h1-9H,10H2,(H,15,16). The van der Waals surface area contributed by atoms with Gasteiger partial charge in [-0.1, -0.05) is 30.3 Å². The summed E-state index contributed by atoms with van der Waals surface area (Å²) in [5.41, 5.74) is 0.589. The van der Waals surface area contributed by atoms with Crippen LogP contribution in [-0.2, 0) is 10.0 Å². The minimum Gasteiger partial charge on any atom is -0.341 e. The molecule has 0 spiro atoms. The zero-order valence-corrected chi connectivity index (χ0v) is 12.1. The van der Waals surface area contributed by atoms with Crippen LogP contribution >= 0.6 is 11.8 Å². The van der Waals surface area contributed by atoms with Crippen molar-refractivity contribution in [2.45, 2.75) is 9.79 Å². The van der Waals surface area contributed by atoms with E-state index in [0.29, 0.717) is 17.3 Å². The fourth-order valence-electron chi connectivity index (χ4n) is 1.90. The number of nitrogens with zero attached hydrogens (tertiary/aromatic N) is 1. The van der Waals surface area contributed by atoms with Crippen LogP contribution in [0.4, 0.5) is 5.69 Å². The second kappa shape index (κ2) is 5.30. The maximum Gasteiger partial charge on any atom is 0.286 e. The lowest BCUT2D eigenvalue weighted by Gasteiger charge is -2.17. The largest absolute Gasteiger partial charge is 0.341 e. The monoisotopic (exact) mass is 304 g/mol. The number of benzene rings is 2. The van der Waals surface area contributed by atoms with Crippen LogP contribution in [-0.4, -0.2) is 20.0 Å². The molecule has 2 aromatic carbocycles. The highest BCUT2D eigenvalue weighted by Gasteiger charge is 2.23. The van der Waals surface area contributed by atoms with Crippen molar-refractivity contribution in [2.24, 2.45) is 4.40 Å². The third kappa shape index (κ3) is 2.71. The second-order valence-electron chi connectivity index (χ2n) is 4.24. The molecule has 1 heterocycles. The van der Waals surface area contributed by atoms with Gasteiger partial charge >= 0.3 is 0 Å². The number of rotatable bonds is 3. The molecule has 2 aromatic rings. The van der Waals surface area contributed by atoms with E-state index < -0.39 is 10.0 Å². The van der Waals surface area contributed by atoms with E-state index in [2.05, 4.69) is 9.71 Å². The molecule has 0 aromatic heterocycles. The molecular weight excluding hydrogens is 292 g/mol. The molecule has 1 aliphatic heterocycles. The average molecular weight is 304 g/mol. The normalized spacial score (nSPS) is 15.9. The third-order valence-electron chi connectivity index (χ3n) is 2.79. The summed E-state index contributed by atoms with van der Waals surface area (Å²) in [5, 5.41) is 3.07. The van der Waals surface area contributed by atoms with Crippen molar-refractivity contribution in [3.63, 3.8) is 0 Å². The number of fused-ring (bicyclic) bond motifs is 1. The first-order chi connectivity index (χ1) is 9.65. The quantitative estimate of drug-likeness (QED) is 0.886. The highest BCUT2D eigenvalue weighted by Crippen LogP contribution is 2.28. The summed E-state index contributed by atoms with van der Waals surface area (Å²) in [6.07, 6.45) is 0. The summed E-state index contributed by atoms with van der Waals surface area (Å²) < 4.78 is 27.9. The zero-order valence-electron chi connectivity index (χ0n) is 10.5. The number of para-hydroxylation sites is 1. The molecule has 4 nitrogen and oxygen atoms in total. The first-order valence-electron chi connectivity index (χ1n) is 6.03. The predicted molar refractivity (Wildman–Crippen MR) is 81.9 cm³/mol. The summed E-state index contributed by atoms with van der Waals surface area (Å²) in [6, 6.07) is 16.6. The molecule has 1 N–H and O–H groups in total. The Morgan fingerprint density at radius 3 is 2.50 bits per heavy atom. The minimum absolute atomic E-state index is 0.230. The van der Waals surface area contributed by atoms with E-state index in [-0.39, 0.29) is 4.90 Å². The SMILES string of the molecule is O=S1(=O)N=C(CSc2ccccc2)Nc2ccccc21. The minimum atomic E-state index is -3.58. The van der Waals surface area contributed by atoms with Crippen molar-refractivity contribution in [1.82, 2.24) is 0 Å². The Kier molecular flexibility index (Phi) is 3.50. The molecule has 0 amide bonds. The van der Waals surface area contributed by atoms with E-state index in [4.69, 9.17) is 0 Å². The van der Waals surface area contributed by atoms with Crippen molar-refractivity contribution in [3.05, 3.63) is 54.6 Å². The lowest BCUT2D eigenvalue weighted by Crippen LogP contribution is -2.23. The Morgan fingerprint density at radius 2 is 1.70 bits per heavy atom. The van der Waals surface area contributed by atoms with Gasteiger partial charge in [-0.15, -0.1) is 16.2 Å². The Bertz CT molecular complexity index is 756. The van der Waals surface area contributed by atoms with E-state index in [1.165, 1.54) is 0 Å².